The maximum absolute atomic E-state index is 13.5. The Balaban J connectivity index is 2.15. The van der Waals surface area contributed by atoms with Gasteiger partial charge in [-0.25, -0.2) is 9.37 Å². The molecule has 98 valence electrons. The van der Waals surface area contributed by atoms with Crippen molar-refractivity contribution < 1.29 is 4.39 Å². The SMILES string of the molecule is Cc1csc(Cn2c(=S)[nH]c3cc(F)c(Br)cc32)n1. The molecule has 0 saturated heterocycles. The Kier molecular flexibility index (Phi) is 3.28. The number of aryl methyl sites for hydroxylation is 1. The number of H-pyrrole nitrogens is 1. The van der Waals surface area contributed by atoms with E-state index in [1.54, 1.807) is 17.4 Å². The fourth-order valence-electron chi connectivity index (χ4n) is 1.92. The van der Waals surface area contributed by atoms with Crippen molar-refractivity contribution in [2.45, 2.75) is 13.5 Å². The first-order chi connectivity index (χ1) is 9.04. The van der Waals surface area contributed by atoms with Gasteiger partial charge in [0, 0.05) is 17.1 Å². The standard InChI is InChI=1S/C12H9BrFN3S2/c1-6-5-19-11(15-6)4-17-10-2-7(13)8(14)3-9(10)16-12(17)18/h2-3,5H,4H2,1H3,(H,16,18). The van der Waals surface area contributed by atoms with Gasteiger partial charge in [0.05, 0.1) is 22.1 Å². The van der Waals surface area contributed by atoms with E-state index >= 15 is 0 Å². The molecule has 0 fully saturated rings. The van der Waals surface area contributed by atoms with Crippen LogP contribution in [-0.4, -0.2) is 14.5 Å². The van der Waals surface area contributed by atoms with Crippen molar-refractivity contribution in [1.82, 2.24) is 14.5 Å². The molecule has 0 bridgehead atoms. The average molecular weight is 358 g/mol. The third kappa shape index (κ3) is 2.37. The number of imidazole rings is 1. The Hall–Kier alpha value is -1.05. The Labute approximate surface area is 126 Å². The summed E-state index contributed by atoms with van der Waals surface area (Å²) in [5.41, 5.74) is 2.56. The van der Waals surface area contributed by atoms with Crippen molar-refractivity contribution in [2.75, 3.05) is 0 Å². The smallest absolute Gasteiger partial charge is 0.178 e. The third-order valence-electron chi connectivity index (χ3n) is 2.78. The molecular formula is C12H9BrFN3S2. The second-order valence-electron chi connectivity index (χ2n) is 4.18. The zero-order valence-corrected chi connectivity index (χ0v) is 13.1. The Morgan fingerprint density at radius 2 is 2.32 bits per heavy atom. The summed E-state index contributed by atoms with van der Waals surface area (Å²) >= 11 is 10.1. The van der Waals surface area contributed by atoms with Gasteiger partial charge in [-0.15, -0.1) is 11.3 Å². The van der Waals surface area contributed by atoms with Gasteiger partial charge in [0.1, 0.15) is 10.8 Å². The molecule has 2 heterocycles. The molecule has 0 unspecified atom stereocenters. The highest BCUT2D eigenvalue weighted by Gasteiger charge is 2.10. The van der Waals surface area contributed by atoms with E-state index < -0.39 is 0 Å². The fraction of sp³-hybridized carbons (Fsp3) is 0.167. The van der Waals surface area contributed by atoms with E-state index in [1.165, 1.54) is 6.07 Å². The molecule has 3 rings (SSSR count). The number of aromatic nitrogens is 3. The van der Waals surface area contributed by atoms with E-state index in [4.69, 9.17) is 12.2 Å². The van der Waals surface area contributed by atoms with Crippen LogP contribution in [0.15, 0.2) is 22.0 Å². The molecule has 0 saturated carbocycles. The summed E-state index contributed by atoms with van der Waals surface area (Å²) < 4.78 is 16.4. The molecule has 0 spiro atoms. The number of thiazole rings is 1. The lowest BCUT2D eigenvalue weighted by Gasteiger charge is -2.02. The highest BCUT2D eigenvalue weighted by molar-refractivity contribution is 9.10. The summed E-state index contributed by atoms with van der Waals surface area (Å²) in [6.45, 7) is 2.55. The molecule has 0 amide bonds. The van der Waals surface area contributed by atoms with Crippen LogP contribution in [0.5, 0.6) is 0 Å². The van der Waals surface area contributed by atoms with Gasteiger partial charge in [0.25, 0.3) is 0 Å². The topological polar surface area (TPSA) is 33.6 Å². The molecule has 3 aromatic rings. The number of nitrogens with one attached hydrogen (secondary N) is 1. The van der Waals surface area contributed by atoms with Crippen LogP contribution in [0.1, 0.15) is 10.7 Å². The molecule has 1 N–H and O–H groups in total. The maximum atomic E-state index is 13.5. The first kappa shape index (κ1) is 13.0. The van der Waals surface area contributed by atoms with E-state index in [0.29, 0.717) is 21.3 Å². The predicted octanol–water partition coefficient (Wildman–Crippen LogP) is 4.41. The fourth-order valence-corrected chi connectivity index (χ4v) is 3.28. The van der Waals surface area contributed by atoms with Crippen molar-refractivity contribution in [2.24, 2.45) is 0 Å². The van der Waals surface area contributed by atoms with Crippen LogP contribution in [0.3, 0.4) is 0 Å². The molecule has 0 aliphatic rings. The van der Waals surface area contributed by atoms with Crippen molar-refractivity contribution in [1.29, 1.82) is 0 Å². The molecule has 0 atom stereocenters. The van der Waals surface area contributed by atoms with Crippen LogP contribution in [0.25, 0.3) is 11.0 Å². The summed E-state index contributed by atoms with van der Waals surface area (Å²) in [7, 11) is 0. The van der Waals surface area contributed by atoms with Gasteiger partial charge in [0.15, 0.2) is 4.77 Å². The van der Waals surface area contributed by atoms with Crippen LogP contribution >= 0.6 is 39.5 Å². The van der Waals surface area contributed by atoms with Gasteiger partial charge >= 0.3 is 0 Å². The van der Waals surface area contributed by atoms with Crippen molar-refractivity contribution in [3.8, 4) is 0 Å². The second-order valence-corrected chi connectivity index (χ2v) is 6.37. The lowest BCUT2D eigenvalue weighted by atomic mass is 10.3. The number of rotatable bonds is 2. The summed E-state index contributed by atoms with van der Waals surface area (Å²) in [6.07, 6.45) is 0. The normalized spacial score (nSPS) is 11.3. The van der Waals surface area contributed by atoms with Gasteiger partial charge in [-0.1, -0.05) is 0 Å². The van der Waals surface area contributed by atoms with E-state index in [0.717, 1.165) is 16.2 Å². The lowest BCUT2D eigenvalue weighted by Crippen LogP contribution is -1.99. The number of halogens is 2. The second kappa shape index (κ2) is 4.81. The van der Waals surface area contributed by atoms with Gasteiger partial charge in [-0.2, -0.15) is 0 Å². The third-order valence-corrected chi connectivity index (χ3v) is 4.66. The zero-order chi connectivity index (χ0) is 13.6. The molecule has 0 aliphatic heterocycles. The molecule has 19 heavy (non-hydrogen) atoms. The van der Waals surface area contributed by atoms with Gasteiger partial charge < -0.3 is 9.55 Å². The van der Waals surface area contributed by atoms with E-state index in [9.17, 15) is 4.39 Å². The summed E-state index contributed by atoms with van der Waals surface area (Å²) in [5.74, 6) is -0.305. The minimum absolute atomic E-state index is 0.305. The monoisotopic (exact) mass is 357 g/mol. The number of aromatic amines is 1. The highest BCUT2D eigenvalue weighted by atomic mass is 79.9. The van der Waals surface area contributed by atoms with Crippen molar-refractivity contribution in [3.05, 3.63) is 43.3 Å². The Morgan fingerprint density at radius 3 is 3.00 bits per heavy atom. The molecular weight excluding hydrogens is 349 g/mol. The van der Waals surface area contributed by atoms with Gasteiger partial charge in [-0.3, -0.25) is 0 Å². The van der Waals surface area contributed by atoms with E-state index in [-0.39, 0.29) is 5.82 Å². The van der Waals surface area contributed by atoms with Gasteiger partial charge in [-0.05, 0) is 41.1 Å². The maximum Gasteiger partial charge on any atom is 0.178 e. The van der Waals surface area contributed by atoms with Crippen LogP contribution in [-0.2, 0) is 6.54 Å². The molecule has 2 aromatic heterocycles. The number of fused-ring (bicyclic) bond motifs is 1. The van der Waals surface area contributed by atoms with Crippen LogP contribution < -0.4 is 0 Å². The number of hydrogen-bond acceptors (Lipinski definition) is 3. The molecule has 0 aliphatic carbocycles. The zero-order valence-electron chi connectivity index (χ0n) is 9.91. The van der Waals surface area contributed by atoms with Crippen molar-refractivity contribution >= 4 is 50.5 Å². The lowest BCUT2D eigenvalue weighted by molar-refractivity contribution is 0.622. The quantitative estimate of drug-likeness (QED) is 0.689. The molecule has 0 radical (unpaired) electrons. The van der Waals surface area contributed by atoms with E-state index in [1.807, 2.05) is 16.9 Å². The molecule has 3 nitrogen and oxygen atoms in total. The summed E-state index contributed by atoms with van der Waals surface area (Å²) in [6, 6.07) is 3.18. The minimum Gasteiger partial charge on any atom is -0.330 e. The Bertz CT molecular complexity index is 818. The largest absolute Gasteiger partial charge is 0.330 e. The average Bonchev–Trinajstić information content (AvgIpc) is 2.87. The van der Waals surface area contributed by atoms with Crippen LogP contribution in [0.2, 0.25) is 0 Å². The Morgan fingerprint density at radius 1 is 1.53 bits per heavy atom. The van der Waals surface area contributed by atoms with Crippen LogP contribution in [0.4, 0.5) is 4.39 Å². The minimum atomic E-state index is -0.305. The summed E-state index contributed by atoms with van der Waals surface area (Å²) in [4.78, 5) is 7.44. The first-order valence-electron chi connectivity index (χ1n) is 5.53. The number of hydrogen-bond donors (Lipinski definition) is 1. The first-order valence-corrected chi connectivity index (χ1v) is 7.61. The van der Waals surface area contributed by atoms with Gasteiger partial charge in [0.2, 0.25) is 0 Å². The molecule has 7 heteroatoms. The highest BCUT2D eigenvalue weighted by Crippen LogP contribution is 2.24. The predicted molar refractivity (Wildman–Crippen MR) is 80.7 cm³/mol. The molecule has 1 aromatic carbocycles. The van der Waals surface area contributed by atoms with E-state index in [2.05, 4.69) is 25.9 Å². The van der Waals surface area contributed by atoms with Crippen LogP contribution in [0, 0.1) is 17.5 Å². The number of benzene rings is 1. The number of nitrogens with zero attached hydrogens (tertiary/aromatic N) is 2. The van der Waals surface area contributed by atoms with Crippen molar-refractivity contribution in [3.63, 3.8) is 0 Å². The summed E-state index contributed by atoms with van der Waals surface area (Å²) in [5, 5.41) is 2.98.